The molecule has 1 aromatic rings. The molecule has 3 aliphatic carbocycles. The second-order valence-electron chi connectivity index (χ2n) is 13.6. The Morgan fingerprint density at radius 2 is 2.07 bits per heavy atom. The molecular formula is C31H46N5O6+. The van der Waals surface area contributed by atoms with Crippen LogP contribution in [0.5, 0.6) is 11.5 Å². The summed E-state index contributed by atoms with van der Waals surface area (Å²) in [6.45, 7) is 2.97. The van der Waals surface area contributed by atoms with Crippen molar-refractivity contribution < 1.29 is 33.4 Å². The van der Waals surface area contributed by atoms with Crippen LogP contribution in [0.4, 0.5) is 4.79 Å². The Bertz CT molecular complexity index is 1270. The maximum Gasteiger partial charge on any atom is 0.415 e. The van der Waals surface area contributed by atoms with E-state index in [1.807, 2.05) is 6.07 Å². The molecule has 2 unspecified atom stereocenters. The van der Waals surface area contributed by atoms with E-state index in [9.17, 15) is 19.5 Å². The van der Waals surface area contributed by atoms with Crippen LogP contribution in [0, 0.1) is 5.92 Å². The van der Waals surface area contributed by atoms with Crippen molar-refractivity contribution >= 4 is 17.8 Å². The molecule has 6 rings (SSSR count). The van der Waals surface area contributed by atoms with Crippen molar-refractivity contribution in [2.75, 3.05) is 46.8 Å². The molecule has 11 nitrogen and oxygen atoms in total. The van der Waals surface area contributed by atoms with E-state index >= 15 is 0 Å². The van der Waals surface area contributed by atoms with Crippen LogP contribution in [0.15, 0.2) is 12.1 Å². The number of hydrogen-bond donors (Lipinski definition) is 4. The van der Waals surface area contributed by atoms with Crippen LogP contribution in [-0.4, -0.2) is 103 Å². The van der Waals surface area contributed by atoms with Gasteiger partial charge in [0.25, 0.3) is 0 Å². The van der Waals surface area contributed by atoms with Crippen molar-refractivity contribution in [2.24, 2.45) is 17.4 Å². The number of nitrogens with one attached hydrogen (secondary N) is 1. The van der Waals surface area contributed by atoms with E-state index in [1.165, 1.54) is 17.7 Å². The van der Waals surface area contributed by atoms with Crippen molar-refractivity contribution in [3.8, 4) is 11.5 Å². The van der Waals surface area contributed by atoms with E-state index in [0.717, 1.165) is 47.5 Å². The number of ether oxygens (including phenoxy) is 2. The zero-order valence-electron chi connectivity index (χ0n) is 24.9. The molecule has 1 spiro atoms. The van der Waals surface area contributed by atoms with E-state index in [2.05, 4.69) is 12.4 Å². The van der Waals surface area contributed by atoms with Crippen molar-refractivity contribution in [1.29, 1.82) is 0 Å². The third kappa shape index (κ3) is 4.60. The summed E-state index contributed by atoms with van der Waals surface area (Å²) in [6, 6.07) is 3.12. The van der Waals surface area contributed by atoms with Gasteiger partial charge in [-0.2, -0.15) is 0 Å². The van der Waals surface area contributed by atoms with Crippen LogP contribution in [0.3, 0.4) is 0 Å². The molecule has 5 aliphatic rings. The monoisotopic (exact) mass is 584 g/mol. The van der Waals surface area contributed by atoms with Gasteiger partial charge in [0, 0.05) is 50.9 Å². The first-order chi connectivity index (χ1) is 20.0. The summed E-state index contributed by atoms with van der Waals surface area (Å²) in [5, 5.41) is 15.4. The van der Waals surface area contributed by atoms with Gasteiger partial charge in [0.2, 0.25) is 5.91 Å². The predicted molar refractivity (Wildman–Crippen MR) is 155 cm³/mol. The number of aliphatic hydroxyl groups is 1. The predicted octanol–water partition coefficient (Wildman–Crippen LogP) is 0.968. The first kappa shape index (κ1) is 29.3. The molecule has 0 aromatic heterocycles. The molecule has 230 valence electrons. The standard InChI is InChI=1S/C31H45N5O6/c1-35(15-14-34-28(38)21(33)5-3-4-13-32)29(39)41-23-9-8-20-17-24-31(40)11-10-22(37)27-30(31,25(20)26(23)42-27)12-16-36(24,2)18-19-6-7-19/h8-9,19,21,24,27,40H,3-7,10-18,32-33H2,1-2H3/p+1/t21?,24-,27+,30+,31-,36?/m1/s1. The lowest BCUT2D eigenvalue weighted by atomic mass is 9.48. The van der Waals surface area contributed by atoms with E-state index < -0.39 is 29.3 Å². The van der Waals surface area contributed by atoms with Gasteiger partial charge >= 0.3 is 6.09 Å². The number of nitrogens with zero attached hydrogens (tertiary/aromatic N) is 2. The fourth-order valence-corrected chi connectivity index (χ4v) is 8.39. The number of ketones is 1. The summed E-state index contributed by atoms with van der Waals surface area (Å²) in [5.74, 6) is 1.14. The SMILES string of the molecule is CN(CCNC(=O)C(N)CCCCN)C(=O)Oc1ccc2c3c1O[C@H]1C(=O)CC[C@@]4(O)[C@@H](C2)[N+](C)(CC2CC2)CC[C@]314. The van der Waals surface area contributed by atoms with Crippen LogP contribution in [0.25, 0.3) is 0 Å². The molecule has 3 fully saturated rings. The zero-order valence-corrected chi connectivity index (χ0v) is 24.9. The number of piperidine rings is 1. The highest BCUT2D eigenvalue weighted by Crippen LogP contribution is 2.66. The Hall–Kier alpha value is -2.73. The second kappa shape index (κ2) is 10.8. The van der Waals surface area contributed by atoms with Gasteiger partial charge in [-0.25, -0.2) is 4.79 Å². The van der Waals surface area contributed by atoms with Gasteiger partial charge in [-0.1, -0.05) is 12.5 Å². The third-order valence-electron chi connectivity index (χ3n) is 10.8. The summed E-state index contributed by atoms with van der Waals surface area (Å²) >= 11 is 0. The molecule has 1 saturated heterocycles. The Morgan fingerprint density at radius 1 is 1.29 bits per heavy atom. The van der Waals surface area contributed by atoms with Crippen LogP contribution < -0.4 is 26.3 Å². The molecule has 2 bridgehead atoms. The second-order valence-corrected chi connectivity index (χ2v) is 13.6. The number of benzene rings is 1. The molecule has 42 heavy (non-hydrogen) atoms. The van der Waals surface area contributed by atoms with Crippen molar-refractivity contribution in [1.82, 2.24) is 10.2 Å². The largest absolute Gasteiger partial charge is 0.477 e. The molecule has 2 amide bonds. The van der Waals surface area contributed by atoms with Crippen LogP contribution in [0.1, 0.15) is 62.5 Å². The lowest BCUT2D eigenvalue weighted by Gasteiger charge is -2.64. The van der Waals surface area contributed by atoms with Crippen LogP contribution in [-0.2, 0) is 21.4 Å². The van der Waals surface area contributed by atoms with Crippen molar-refractivity contribution in [3.05, 3.63) is 23.3 Å². The highest BCUT2D eigenvalue weighted by molar-refractivity contribution is 5.90. The Balaban J connectivity index is 1.19. The van der Waals surface area contributed by atoms with Crippen molar-refractivity contribution in [3.63, 3.8) is 0 Å². The number of amides is 2. The maximum absolute atomic E-state index is 13.3. The summed E-state index contributed by atoms with van der Waals surface area (Å²) in [7, 11) is 3.88. The van der Waals surface area contributed by atoms with Crippen molar-refractivity contribution in [2.45, 2.75) is 87.0 Å². The van der Waals surface area contributed by atoms with Gasteiger partial charge in [-0.3, -0.25) is 9.59 Å². The van der Waals surface area contributed by atoms with Gasteiger partial charge in [-0.05, 0) is 50.3 Å². The lowest BCUT2D eigenvalue weighted by Crippen LogP contribution is -2.80. The Labute approximate surface area is 247 Å². The third-order valence-corrected chi connectivity index (χ3v) is 10.8. The zero-order chi connectivity index (χ0) is 29.9. The first-order valence-corrected chi connectivity index (χ1v) is 15.6. The van der Waals surface area contributed by atoms with Gasteiger partial charge in [0.05, 0.1) is 31.6 Å². The van der Waals surface area contributed by atoms with E-state index in [4.69, 9.17) is 20.9 Å². The van der Waals surface area contributed by atoms with Gasteiger partial charge in [-0.15, -0.1) is 0 Å². The smallest absolute Gasteiger partial charge is 0.415 e. The number of likely N-dealkylation sites (N-methyl/N-ethyl adjacent to an activating group) is 2. The molecule has 0 radical (unpaired) electrons. The molecule has 1 aromatic carbocycles. The summed E-state index contributed by atoms with van der Waals surface area (Å²) in [4.78, 5) is 40.1. The highest BCUT2D eigenvalue weighted by atomic mass is 16.6. The van der Waals surface area contributed by atoms with E-state index in [-0.39, 0.29) is 43.0 Å². The number of carbonyl (C=O) groups is 3. The van der Waals surface area contributed by atoms with E-state index in [0.29, 0.717) is 38.0 Å². The number of likely N-dealkylation sites (tertiary alicyclic amines) is 1. The van der Waals surface area contributed by atoms with Gasteiger partial charge < -0.3 is 40.7 Å². The molecule has 6 atom stereocenters. The number of hydrogen-bond acceptors (Lipinski definition) is 8. The molecule has 2 aliphatic heterocycles. The Kier molecular flexibility index (Phi) is 7.52. The average Bonchev–Trinajstić information content (AvgIpc) is 3.69. The molecular weight excluding hydrogens is 538 g/mol. The number of rotatable bonds is 11. The van der Waals surface area contributed by atoms with Crippen LogP contribution in [0.2, 0.25) is 0 Å². The molecule has 2 saturated carbocycles. The minimum Gasteiger partial charge on any atom is -0.477 e. The average molecular weight is 585 g/mol. The van der Waals surface area contributed by atoms with E-state index in [1.54, 1.807) is 13.1 Å². The number of unbranched alkanes of at least 4 members (excludes halogenated alkanes) is 1. The maximum atomic E-state index is 13.3. The first-order valence-electron chi connectivity index (χ1n) is 15.6. The summed E-state index contributed by atoms with van der Waals surface area (Å²) in [5.41, 5.74) is 11.5. The highest BCUT2D eigenvalue weighted by Gasteiger charge is 2.76. The minimum absolute atomic E-state index is 0.00646. The summed E-state index contributed by atoms with van der Waals surface area (Å²) < 4.78 is 13.1. The minimum atomic E-state index is -1.06. The lowest BCUT2D eigenvalue weighted by molar-refractivity contribution is -0.950. The normalized spacial score (nSPS) is 32.9. The topological polar surface area (TPSA) is 157 Å². The fraction of sp³-hybridized carbons (Fsp3) is 0.710. The number of Topliss-reactive ketones (excluding diaryl/α,β-unsaturated/α-hetero) is 1. The Morgan fingerprint density at radius 3 is 2.81 bits per heavy atom. The number of quaternary nitrogens is 1. The van der Waals surface area contributed by atoms with Gasteiger partial charge in [0.1, 0.15) is 11.6 Å². The quantitative estimate of drug-likeness (QED) is 0.221. The van der Waals surface area contributed by atoms with Crippen LogP contribution >= 0.6 is 0 Å². The molecule has 11 heteroatoms. The molecule has 6 N–H and O–H groups in total. The number of carbonyl (C=O) groups excluding carboxylic acids is 3. The number of nitrogens with two attached hydrogens (primary N) is 2. The fourth-order valence-electron chi connectivity index (χ4n) is 8.39. The van der Waals surface area contributed by atoms with Gasteiger partial charge in [0.15, 0.2) is 23.4 Å². The summed E-state index contributed by atoms with van der Waals surface area (Å²) in [6.07, 6.45) is 5.38. The molecule has 2 heterocycles.